The second-order valence-electron chi connectivity index (χ2n) is 9.55. The summed E-state index contributed by atoms with van der Waals surface area (Å²) in [6.07, 6.45) is 6.45. The molecule has 1 aromatic rings. The molecule has 5 aliphatic rings. The van der Waals surface area contributed by atoms with Crippen LogP contribution in [0.5, 0.6) is 0 Å². The van der Waals surface area contributed by atoms with E-state index in [2.05, 4.69) is 41.4 Å². The molecule has 4 saturated carbocycles. The third-order valence-electron chi connectivity index (χ3n) is 7.62. The highest BCUT2D eigenvalue weighted by Crippen LogP contribution is 2.53. The van der Waals surface area contributed by atoms with Crippen molar-refractivity contribution in [2.24, 2.45) is 23.7 Å². The molecule has 1 aromatic carbocycles. The lowest BCUT2D eigenvalue weighted by Gasteiger charge is -2.54. The number of carbonyl (C=O) groups excluding carboxylic acids is 1. The van der Waals surface area contributed by atoms with Gasteiger partial charge in [0.25, 0.3) is 5.91 Å². The fourth-order valence-corrected chi connectivity index (χ4v) is 6.42. The molecule has 2 unspecified atom stereocenters. The van der Waals surface area contributed by atoms with E-state index in [9.17, 15) is 4.79 Å². The lowest BCUT2D eigenvalue weighted by molar-refractivity contribution is -0.145. The minimum absolute atomic E-state index is 0.123. The van der Waals surface area contributed by atoms with Gasteiger partial charge >= 0.3 is 0 Å². The zero-order valence-corrected chi connectivity index (χ0v) is 16.3. The molecule has 1 amide bonds. The molecular weight excluding hydrogens is 336 g/mol. The molecule has 146 valence electrons. The van der Waals surface area contributed by atoms with Gasteiger partial charge in [0.2, 0.25) is 0 Å². The van der Waals surface area contributed by atoms with Crippen molar-refractivity contribution in [3.8, 4) is 0 Å². The Morgan fingerprint density at radius 1 is 1.07 bits per heavy atom. The first-order valence-electron chi connectivity index (χ1n) is 10.9. The van der Waals surface area contributed by atoms with Gasteiger partial charge in [-0.1, -0.05) is 30.3 Å². The minimum Gasteiger partial charge on any atom is -0.365 e. The summed E-state index contributed by atoms with van der Waals surface area (Å²) >= 11 is 0. The Bertz CT molecular complexity index is 648. The number of amides is 1. The van der Waals surface area contributed by atoms with Crippen molar-refractivity contribution in [1.82, 2.24) is 10.2 Å². The molecule has 4 aliphatic carbocycles. The largest absolute Gasteiger partial charge is 0.365 e. The van der Waals surface area contributed by atoms with Crippen LogP contribution >= 0.6 is 0 Å². The number of ether oxygens (including phenoxy) is 1. The lowest BCUT2D eigenvalue weighted by Crippen LogP contribution is -2.60. The van der Waals surface area contributed by atoms with Gasteiger partial charge in [-0.25, -0.2) is 0 Å². The summed E-state index contributed by atoms with van der Waals surface area (Å²) < 4.78 is 5.96. The number of rotatable bonds is 4. The molecule has 1 N–H and O–H groups in total. The van der Waals surface area contributed by atoms with Crippen molar-refractivity contribution in [3.63, 3.8) is 0 Å². The first-order chi connectivity index (χ1) is 13.2. The molecule has 27 heavy (non-hydrogen) atoms. The maximum atomic E-state index is 13.0. The molecule has 0 radical (unpaired) electrons. The molecule has 4 nitrogen and oxygen atoms in total. The van der Waals surface area contributed by atoms with Crippen LogP contribution in [0.15, 0.2) is 30.3 Å². The summed E-state index contributed by atoms with van der Waals surface area (Å²) in [6, 6.07) is 11.3. The fourth-order valence-electron chi connectivity index (χ4n) is 6.42. The topological polar surface area (TPSA) is 41.6 Å². The Balaban J connectivity index is 1.21. The Labute approximate surface area is 162 Å². The van der Waals surface area contributed by atoms with E-state index < -0.39 is 0 Å². The monoisotopic (exact) mass is 368 g/mol. The van der Waals surface area contributed by atoms with Gasteiger partial charge in [-0.05, 0) is 68.3 Å². The SMILES string of the molecule is CC1COC(C(=O)NC2C3CC4CC(C3)CC2C4)CN1Cc1ccccc1. The zero-order valence-electron chi connectivity index (χ0n) is 16.3. The molecule has 1 aliphatic heterocycles. The minimum atomic E-state index is -0.331. The van der Waals surface area contributed by atoms with Crippen LogP contribution < -0.4 is 5.32 Å². The molecule has 1 heterocycles. The molecule has 2 atom stereocenters. The second-order valence-corrected chi connectivity index (χ2v) is 9.55. The van der Waals surface area contributed by atoms with Gasteiger partial charge in [0.1, 0.15) is 6.10 Å². The van der Waals surface area contributed by atoms with Gasteiger partial charge in [0.15, 0.2) is 0 Å². The molecular formula is C23H32N2O2. The summed E-state index contributed by atoms with van der Waals surface area (Å²) in [5.74, 6) is 3.43. The standard InChI is InChI=1S/C23H32N2O2/c1-15-14-27-21(13-25(15)12-16-5-3-2-4-6-16)23(26)24-22-19-8-17-7-18(10-19)11-20(22)9-17/h2-6,15,17-22H,7-14H2,1H3,(H,24,26). The Morgan fingerprint density at radius 3 is 2.41 bits per heavy atom. The summed E-state index contributed by atoms with van der Waals surface area (Å²) in [5.41, 5.74) is 1.30. The third kappa shape index (κ3) is 3.54. The number of hydrogen-bond acceptors (Lipinski definition) is 3. The van der Waals surface area contributed by atoms with Crippen LogP contribution in [0.25, 0.3) is 0 Å². The van der Waals surface area contributed by atoms with Crippen molar-refractivity contribution < 1.29 is 9.53 Å². The second kappa shape index (κ2) is 7.21. The van der Waals surface area contributed by atoms with Gasteiger partial charge in [-0.3, -0.25) is 9.69 Å². The molecule has 1 saturated heterocycles. The highest BCUT2D eigenvalue weighted by molar-refractivity contribution is 5.81. The Hall–Kier alpha value is -1.39. The molecule has 0 aromatic heterocycles. The number of nitrogens with one attached hydrogen (secondary N) is 1. The number of carbonyl (C=O) groups is 1. The number of nitrogens with zero attached hydrogens (tertiary/aromatic N) is 1. The van der Waals surface area contributed by atoms with Crippen molar-refractivity contribution in [3.05, 3.63) is 35.9 Å². The molecule has 6 rings (SSSR count). The van der Waals surface area contributed by atoms with Crippen LogP contribution in [0, 0.1) is 23.7 Å². The van der Waals surface area contributed by atoms with Gasteiger partial charge < -0.3 is 10.1 Å². The predicted molar refractivity (Wildman–Crippen MR) is 105 cm³/mol. The Morgan fingerprint density at radius 2 is 1.74 bits per heavy atom. The third-order valence-corrected chi connectivity index (χ3v) is 7.62. The lowest BCUT2D eigenvalue weighted by atomic mass is 9.54. The van der Waals surface area contributed by atoms with Gasteiger partial charge in [-0.2, -0.15) is 0 Å². The summed E-state index contributed by atoms with van der Waals surface area (Å²) in [5, 5.41) is 3.44. The van der Waals surface area contributed by atoms with E-state index in [1.807, 2.05) is 6.07 Å². The van der Waals surface area contributed by atoms with Crippen LogP contribution in [0.2, 0.25) is 0 Å². The van der Waals surface area contributed by atoms with E-state index in [0.29, 0.717) is 37.1 Å². The van der Waals surface area contributed by atoms with Crippen molar-refractivity contribution in [1.29, 1.82) is 0 Å². The summed E-state index contributed by atoms with van der Waals surface area (Å²) in [6.45, 7) is 4.39. The highest BCUT2D eigenvalue weighted by Gasteiger charge is 2.49. The number of benzene rings is 1. The van der Waals surface area contributed by atoms with Crippen LogP contribution in [-0.2, 0) is 16.1 Å². The van der Waals surface area contributed by atoms with E-state index in [-0.39, 0.29) is 12.0 Å². The van der Waals surface area contributed by atoms with Crippen LogP contribution in [0.3, 0.4) is 0 Å². The average Bonchev–Trinajstić information content (AvgIpc) is 2.66. The quantitative estimate of drug-likeness (QED) is 0.887. The summed E-state index contributed by atoms with van der Waals surface area (Å²) in [7, 11) is 0. The van der Waals surface area contributed by atoms with E-state index >= 15 is 0 Å². The maximum Gasteiger partial charge on any atom is 0.250 e. The first-order valence-corrected chi connectivity index (χ1v) is 10.9. The van der Waals surface area contributed by atoms with Gasteiger partial charge in [-0.15, -0.1) is 0 Å². The number of morpholine rings is 1. The van der Waals surface area contributed by atoms with E-state index in [0.717, 1.165) is 18.4 Å². The Kier molecular flexibility index (Phi) is 4.73. The molecule has 4 bridgehead atoms. The molecule has 4 heteroatoms. The van der Waals surface area contributed by atoms with E-state index in [4.69, 9.17) is 4.74 Å². The van der Waals surface area contributed by atoms with Gasteiger partial charge in [0, 0.05) is 25.2 Å². The van der Waals surface area contributed by atoms with Crippen LogP contribution in [0.4, 0.5) is 0 Å². The smallest absolute Gasteiger partial charge is 0.250 e. The normalized spacial score (nSPS) is 40.9. The molecule has 0 spiro atoms. The maximum absolute atomic E-state index is 13.0. The fraction of sp³-hybridized carbons (Fsp3) is 0.696. The predicted octanol–water partition coefficient (Wildman–Crippen LogP) is 3.22. The van der Waals surface area contributed by atoms with Crippen molar-refractivity contribution >= 4 is 5.91 Å². The number of hydrogen-bond donors (Lipinski definition) is 1. The van der Waals surface area contributed by atoms with Crippen LogP contribution in [-0.4, -0.2) is 42.1 Å². The zero-order chi connectivity index (χ0) is 18.4. The highest BCUT2D eigenvalue weighted by atomic mass is 16.5. The summed E-state index contributed by atoms with van der Waals surface area (Å²) in [4.78, 5) is 15.4. The van der Waals surface area contributed by atoms with Gasteiger partial charge in [0.05, 0.1) is 6.61 Å². The first kappa shape index (κ1) is 17.7. The van der Waals surface area contributed by atoms with E-state index in [1.165, 1.54) is 37.7 Å². The molecule has 5 fully saturated rings. The average molecular weight is 369 g/mol. The van der Waals surface area contributed by atoms with Crippen molar-refractivity contribution in [2.45, 2.75) is 63.8 Å². The van der Waals surface area contributed by atoms with E-state index in [1.54, 1.807) is 0 Å². The van der Waals surface area contributed by atoms with Crippen LogP contribution in [0.1, 0.15) is 44.6 Å². The van der Waals surface area contributed by atoms with Crippen molar-refractivity contribution in [2.75, 3.05) is 13.2 Å².